The number of hydrogen-bond acceptors (Lipinski definition) is 1. The first-order chi connectivity index (χ1) is 6.65. The van der Waals surface area contributed by atoms with Gasteiger partial charge in [0, 0.05) is 12.0 Å². The molecule has 0 saturated carbocycles. The summed E-state index contributed by atoms with van der Waals surface area (Å²) in [5.41, 5.74) is 0.355. The van der Waals surface area contributed by atoms with E-state index in [9.17, 15) is 13.6 Å². The zero-order valence-corrected chi connectivity index (χ0v) is 8.93. The SMILES string of the molecule is O=C(CBr)Cc1ccccc1C(F)F. The number of carbonyl (C=O) groups is 1. The lowest BCUT2D eigenvalue weighted by Gasteiger charge is -2.06. The van der Waals surface area contributed by atoms with Gasteiger partial charge in [-0.25, -0.2) is 8.78 Å². The summed E-state index contributed by atoms with van der Waals surface area (Å²) in [4.78, 5) is 11.1. The molecule has 0 unspecified atom stereocenters. The number of benzene rings is 1. The van der Waals surface area contributed by atoms with Gasteiger partial charge in [0.15, 0.2) is 0 Å². The Kier molecular flexibility index (Phi) is 4.20. The average Bonchev–Trinajstić information content (AvgIpc) is 2.18. The number of rotatable bonds is 4. The number of halogens is 3. The first-order valence-electron chi connectivity index (χ1n) is 4.08. The highest BCUT2D eigenvalue weighted by Crippen LogP contribution is 2.23. The van der Waals surface area contributed by atoms with Gasteiger partial charge in [0.25, 0.3) is 6.43 Å². The summed E-state index contributed by atoms with van der Waals surface area (Å²) in [6.45, 7) is 0. The minimum atomic E-state index is -2.52. The fraction of sp³-hybridized carbons (Fsp3) is 0.300. The maximum absolute atomic E-state index is 12.5. The van der Waals surface area contributed by atoms with Crippen molar-refractivity contribution in [1.29, 1.82) is 0 Å². The van der Waals surface area contributed by atoms with E-state index in [0.29, 0.717) is 5.56 Å². The molecule has 0 atom stereocenters. The monoisotopic (exact) mass is 262 g/mol. The van der Waals surface area contributed by atoms with Crippen LogP contribution in [0.15, 0.2) is 24.3 Å². The van der Waals surface area contributed by atoms with Crippen molar-refractivity contribution in [3.8, 4) is 0 Å². The lowest BCUT2D eigenvalue weighted by Crippen LogP contribution is -2.06. The fourth-order valence-electron chi connectivity index (χ4n) is 1.17. The van der Waals surface area contributed by atoms with Crippen LogP contribution < -0.4 is 0 Å². The third-order valence-electron chi connectivity index (χ3n) is 1.83. The summed E-state index contributed by atoms with van der Waals surface area (Å²) in [7, 11) is 0. The van der Waals surface area contributed by atoms with Crippen molar-refractivity contribution in [2.45, 2.75) is 12.8 Å². The molecule has 0 amide bonds. The van der Waals surface area contributed by atoms with Crippen LogP contribution in [0.5, 0.6) is 0 Å². The first-order valence-corrected chi connectivity index (χ1v) is 5.21. The third kappa shape index (κ3) is 2.87. The summed E-state index contributed by atoms with van der Waals surface area (Å²) >= 11 is 3.00. The highest BCUT2D eigenvalue weighted by atomic mass is 79.9. The second-order valence-electron chi connectivity index (χ2n) is 2.85. The molecule has 0 radical (unpaired) electrons. The number of carbonyl (C=O) groups excluding carboxylic acids is 1. The summed E-state index contributed by atoms with van der Waals surface area (Å²) < 4.78 is 24.9. The van der Waals surface area contributed by atoms with Crippen molar-refractivity contribution in [1.82, 2.24) is 0 Å². The van der Waals surface area contributed by atoms with E-state index in [2.05, 4.69) is 15.9 Å². The Morgan fingerprint density at radius 2 is 2.00 bits per heavy atom. The van der Waals surface area contributed by atoms with E-state index in [-0.39, 0.29) is 23.1 Å². The van der Waals surface area contributed by atoms with Gasteiger partial charge in [0.2, 0.25) is 0 Å². The van der Waals surface area contributed by atoms with Crippen LogP contribution in [-0.4, -0.2) is 11.1 Å². The van der Waals surface area contributed by atoms with Crippen LogP contribution in [0, 0.1) is 0 Å². The van der Waals surface area contributed by atoms with Crippen LogP contribution in [0.3, 0.4) is 0 Å². The van der Waals surface area contributed by atoms with Crippen LogP contribution in [0.2, 0.25) is 0 Å². The van der Waals surface area contributed by atoms with E-state index < -0.39 is 6.43 Å². The molecule has 0 spiro atoms. The first kappa shape index (κ1) is 11.3. The Balaban J connectivity index is 2.90. The molecule has 76 valence electrons. The summed E-state index contributed by atoms with van der Waals surface area (Å²) in [6.07, 6.45) is -2.46. The Hall–Kier alpha value is -0.770. The van der Waals surface area contributed by atoms with E-state index in [0.717, 1.165) is 0 Å². The third-order valence-corrected chi connectivity index (χ3v) is 2.45. The summed E-state index contributed by atoms with van der Waals surface area (Å²) in [5, 5.41) is 0.199. The van der Waals surface area contributed by atoms with Gasteiger partial charge >= 0.3 is 0 Å². The van der Waals surface area contributed by atoms with Crippen LogP contribution in [0.25, 0.3) is 0 Å². The molecule has 1 aromatic rings. The van der Waals surface area contributed by atoms with Crippen molar-refractivity contribution in [3.05, 3.63) is 35.4 Å². The summed E-state index contributed by atoms with van der Waals surface area (Å²) in [6, 6.07) is 6.11. The molecule has 0 aromatic heterocycles. The number of Topliss-reactive ketones (excluding diaryl/α,β-unsaturated/α-hetero) is 1. The largest absolute Gasteiger partial charge is 0.298 e. The zero-order chi connectivity index (χ0) is 10.6. The molecular weight excluding hydrogens is 254 g/mol. The quantitative estimate of drug-likeness (QED) is 0.763. The molecule has 1 nitrogen and oxygen atoms in total. The van der Waals surface area contributed by atoms with Crippen molar-refractivity contribution >= 4 is 21.7 Å². The second kappa shape index (κ2) is 5.20. The normalized spacial score (nSPS) is 10.6. The fourth-order valence-corrected chi connectivity index (χ4v) is 1.37. The Bertz CT molecular complexity index is 326. The van der Waals surface area contributed by atoms with E-state index in [1.54, 1.807) is 18.2 Å². The lowest BCUT2D eigenvalue weighted by atomic mass is 10.0. The molecule has 1 aromatic carbocycles. The van der Waals surface area contributed by atoms with Gasteiger partial charge in [0.05, 0.1) is 5.33 Å². The topological polar surface area (TPSA) is 17.1 Å². The highest BCUT2D eigenvalue weighted by molar-refractivity contribution is 9.09. The van der Waals surface area contributed by atoms with Crippen molar-refractivity contribution in [3.63, 3.8) is 0 Å². The molecule has 0 bridgehead atoms. The Labute approximate surface area is 89.3 Å². The van der Waals surface area contributed by atoms with Gasteiger partial charge in [-0.05, 0) is 5.56 Å². The molecule has 0 aliphatic rings. The predicted molar refractivity (Wildman–Crippen MR) is 53.9 cm³/mol. The summed E-state index contributed by atoms with van der Waals surface area (Å²) in [5.74, 6) is -0.0990. The van der Waals surface area contributed by atoms with Gasteiger partial charge in [-0.3, -0.25) is 4.79 Å². The van der Waals surface area contributed by atoms with Crippen LogP contribution in [-0.2, 0) is 11.2 Å². The zero-order valence-electron chi connectivity index (χ0n) is 7.34. The molecule has 1 rings (SSSR count). The second-order valence-corrected chi connectivity index (χ2v) is 3.41. The molecule has 14 heavy (non-hydrogen) atoms. The molecule has 0 heterocycles. The van der Waals surface area contributed by atoms with E-state index in [1.165, 1.54) is 6.07 Å². The average molecular weight is 263 g/mol. The maximum Gasteiger partial charge on any atom is 0.264 e. The number of hydrogen-bond donors (Lipinski definition) is 0. The van der Waals surface area contributed by atoms with E-state index >= 15 is 0 Å². The van der Waals surface area contributed by atoms with Crippen molar-refractivity contribution in [2.24, 2.45) is 0 Å². The highest BCUT2D eigenvalue weighted by Gasteiger charge is 2.13. The predicted octanol–water partition coefficient (Wildman–Crippen LogP) is 3.13. The van der Waals surface area contributed by atoms with Crippen molar-refractivity contribution in [2.75, 3.05) is 5.33 Å². The molecule has 0 fully saturated rings. The minimum absolute atomic E-state index is 0.0539. The standard InChI is InChI=1S/C10H9BrF2O/c11-6-8(14)5-7-3-1-2-4-9(7)10(12)13/h1-4,10H,5-6H2. The van der Waals surface area contributed by atoms with Gasteiger partial charge in [0.1, 0.15) is 5.78 Å². The lowest BCUT2D eigenvalue weighted by molar-refractivity contribution is -0.115. The van der Waals surface area contributed by atoms with Crippen LogP contribution in [0.1, 0.15) is 17.6 Å². The number of alkyl halides is 3. The molecule has 0 N–H and O–H groups in total. The van der Waals surface area contributed by atoms with Crippen LogP contribution >= 0.6 is 15.9 Å². The van der Waals surface area contributed by atoms with E-state index in [4.69, 9.17) is 0 Å². The molecule has 0 aliphatic heterocycles. The number of ketones is 1. The molecular formula is C10H9BrF2O. The van der Waals surface area contributed by atoms with Gasteiger partial charge in [-0.15, -0.1) is 0 Å². The smallest absolute Gasteiger partial charge is 0.264 e. The van der Waals surface area contributed by atoms with Crippen molar-refractivity contribution < 1.29 is 13.6 Å². The minimum Gasteiger partial charge on any atom is -0.298 e. The van der Waals surface area contributed by atoms with Gasteiger partial charge in [-0.2, -0.15) is 0 Å². The molecule has 0 saturated heterocycles. The Morgan fingerprint density at radius 1 is 1.36 bits per heavy atom. The van der Waals surface area contributed by atoms with E-state index in [1.807, 2.05) is 0 Å². The molecule has 4 heteroatoms. The van der Waals surface area contributed by atoms with Gasteiger partial charge in [-0.1, -0.05) is 40.2 Å². The van der Waals surface area contributed by atoms with Gasteiger partial charge < -0.3 is 0 Å². The molecule has 0 aliphatic carbocycles. The Morgan fingerprint density at radius 3 is 2.57 bits per heavy atom. The van der Waals surface area contributed by atoms with Crippen LogP contribution in [0.4, 0.5) is 8.78 Å². The maximum atomic E-state index is 12.5.